The van der Waals surface area contributed by atoms with Gasteiger partial charge in [-0.1, -0.05) is 18.9 Å². The van der Waals surface area contributed by atoms with E-state index in [0.29, 0.717) is 16.9 Å². The highest BCUT2D eigenvalue weighted by Crippen LogP contribution is 2.61. The van der Waals surface area contributed by atoms with Gasteiger partial charge in [-0.2, -0.15) is 0 Å². The van der Waals surface area contributed by atoms with Crippen LogP contribution in [0.5, 0.6) is 5.75 Å². The van der Waals surface area contributed by atoms with E-state index >= 15 is 0 Å². The lowest BCUT2D eigenvalue weighted by Gasteiger charge is -2.30. The minimum Gasteiger partial charge on any atom is -0.497 e. The summed E-state index contributed by atoms with van der Waals surface area (Å²) in [7, 11) is 3.71. The number of ether oxygens (including phenoxy) is 1. The van der Waals surface area contributed by atoms with Gasteiger partial charge in [0.25, 0.3) is 0 Å². The molecule has 2 aromatic rings. The monoisotopic (exact) mass is 313 g/mol. The van der Waals surface area contributed by atoms with E-state index in [0.717, 1.165) is 22.7 Å². The molecule has 0 radical (unpaired) electrons. The molecule has 5 nitrogen and oxygen atoms in total. The van der Waals surface area contributed by atoms with Gasteiger partial charge in [0, 0.05) is 16.6 Å². The van der Waals surface area contributed by atoms with E-state index in [1.54, 1.807) is 7.11 Å². The minimum atomic E-state index is 0.387. The van der Waals surface area contributed by atoms with Crippen LogP contribution in [0.15, 0.2) is 18.2 Å². The van der Waals surface area contributed by atoms with Gasteiger partial charge in [0.15, 0.2) is 0 Å². The highest BCUT2D eigenvalue weighted by Gasteiger charge is 2.56. The zero-order valence-corrected chi connectivity index (χ0v) is 14.4. The summed E-state index contributed by atoms with van der Waals surface area (Å²) in [5.41, 5.74) is 2.80. The number of fused-ring (bicyclic) bond motifs is 3. The van der Waals surface area contributed by atoms with Gasteiger partial charge in [-0.15, -0.1) is 0 Å². The fourth-order valence-electron chi connectivity index (χ4n) is 4.73. The van der Waals surface area contributed by atoms with Gasteiger partial charge in [-0.05, 0) is 43.2 Å². The second-order valence-corrected chi connectivity index (χ2v) is 7.98. The predicted octanol–water partition coefficient (Wildman–Crippen LogP) is 2.84. The molecule has 1 N–H and O–H groups in total. The topological polar surface area (TPSA) is 50.9 Å². The first kappa shape index (κ1) is 14.7. The summed E-state index contributed by atoms with van der Waals surface area (Å²) in [6, 6.07) is 6.41. The minimum absolute atomic E-state index is 0.387. The van der Waals surface area contributed by atoms with Crippen molar-refractivity contribution in [2.24, 2.45) is 17.9 Å². The van der Waals surface area contributed by atoms with Crippen molar-refractivity contribution in [2.75, 3.05) is 12.4 Å². The van der Waals surface area contributed by atoms with Crippen LogP contribution < -0.4 is 14.6 Å². The molecule has 2 aliphatic carbocycles. The molecule has 0 spiro atoms. The molecule has 0 unspecified atom stereocenters. The lowest BCUT2D eigenvalue weighted by atomic mass is 9.80. The fourth-order valence-corrected chi connectivity index (χ4v) is 4.73. The molecule has 2 aliphatic rings. The molecule has 0 amide bonds. The second-order valence-electron chi connectivity index (χ2n) is 7.98. The van der Waals surface area contributed by atoms with Crippen molar-refractivity contribution >= 4 is 17.0 Å². The smallest absolute Gasteiger partial charge is 0.415 e. The molecule has 2 bridgehead atoms. The Bertz CT molecular complexity index is 777. The molecule has 1 aromatic heterocycles. The van der Waals surface area contributed by atoms with Crippen LogP contribution in [0, 0.1) is 10.8 Å². The predicted molar refractivity (Wildman–Crippen MR) is 89.4 cm³/mol. The normalized spacial score (nSPS) is 32.4. The summed E-state index contributed by atoms with van der Waals surface area (Å²) in [6.45, 7) is 4.85. The third kappa shape index (κ3) is 2.25. The number of anilines is 1. The lowest BCUT2D eigenvalue weighted by Crippen LogP contribution is -2.42. The Balaban J connectivity index is 1.66. The molecule has 4 rings (SSSR count). The van der Waals surface area contributed by atoms with Gasteiger partial charge in [0.05, 0.1) is 20.2 Å². The van der Waals surface area contributed by atoms with Crippen LogP contribution in [0.1, 0.15) is 39.5 Å². The molecule has 5 heteroatoms. The van der Waals surface area contributed by atoms with Gasteiger partial charge >= 0.3 is 5.95 Å². The van der Waals surface area contributed by atoms with E-state index in [2.05, 4.69) is 33.9 Å². The number of hydrogen-bond donors (Lipinski definition) is 1. The number of nitrogens with one attached hydrogen (secondary N) is 1. The van der Waals surface area contributed by atoms with Gasteiger partial charge in [-0.3, -0.25) is 5.32 Å². The van der Waals surface area contributed by atoms with Crippen molar-refractivity contribution in [3.05, 3.63) is 18.2 Å². The first-order chi connectivity index (χ1) is 10.9. The van der Waals surface area contributed by atoms with E-state index in [-0.39, 0.29) is 0 Å². The standard InChI is InChI=1S/C18H24N4O/c1-17-7-8-18(2,11-17)15(10-17)19-16-21-20-13-9-12(23-4)5-6-14(13)22(16)3/h5-6,9,15H,7-8,10-11H2,1-4H3/p+1/t15-,17-,18-/m1/s1. The van der Waals surface area contributed by atoms with Crippen LogP contribution in [0.25, 0.3) is 11.0 Å². The molecule has 122 valence electrons. The average molecular weight is 313 g/mol. The Labute approximate surface area is 137 Å². The Hall–Kier alpha value is -1.91. The Morgan fingerprint density at radius 1 is 1.26 bits per heavy atom. The molecular weight excluding hydrogens is 288 g/mol. The second kappa shape index (κ2) is 4.79. The molecule has 0 saturated heterocycles. The number of aromatic nitrogens is 3. The molecule has 1 aromatic carbocycles. The van der Waals surface area contributed by atoms with Crippen LogP contribution in [-0.2, 0) is 7.05 Å². The molecule has 2 fully saturated rings. The quantitative estimate of drug-likeness (QED) is 0.885. The van der Waals surface area contributed by atoms with E-state index in [9.17, 15) is 0 Å². The summed E-state index contributed by atoms with van der Waals surface area (Å²) in [6.07, 6.45) is 5.21. The molecule has 2 saturated carbocycles. The molecular formula is C18H25N4O+. The van der Waals surface area contributed by atoms with Crippen molar-refractivity contribution in [3.8, 4) is 5.75 Å². The number of methoxy groups -OCH3 is 1. The number of nitrogens with zero attached hydrogens (tertiary/aromatic N) is 3. The average Bonchev–Trinajstić information content (AvgIpc) is 2.98. The highest BCUT2D eigenvalue weighted by atomic mass is 16.5. The van der Waals surface area contributed by atoms with Crippen LogP contribution >= 0.6 is 0 Å². The molecule has 1 heterocycles. The summed E-state index contributed by atoms with van der Waals surface area (Å²) < 4.78 is 7.36. The summed E-state index contributed by atoms with van der Waals surface area (Å²) in [5, 5.41) is 12.5. The number of hydrogen-bond acceptors (Lipinski definition) is 4. The maximum atomic E-state index is 5.27. The zero-order chi connectivity index (χ0) is 16.2. The van der Waals surface area contributed by atoms with E-state index in [1.807, 2.05) is 25.2 Å². The number of aryl methyl sites for hydroxylation is 1. The van der Waals surface area contributed by atoms with Crippen LogP contribution in [0.2, 0.25) is 0 Å². The summed E-state index contributed by atoms with van der Waals surface area (Å²) >= 11 is 0. The van der Waals surface area contributed by atoms with E-state index < -0.39 is 0 Å². The maximum absolute atomic E-state index is 5.27. The molecule has 3 atom stereocenters. The molecule has 0 aliphatic heterocycles. The first-order valence-electron chi connectivity index (χ1n) is 8.40. The van der Waals surface area contributed by atoms with Gasteiger partial charge < -0.3 is 4.74 Å². The fraction of sp³-hybridized carbons (Fsp3) is 0.611. The largest absolute Gasteiger partial charge is 0.497 e. The Morgan fingerprint density at radius 3 is 2.74 bits per heavy atom. The lowest BCUT2D eigenvalue weighted by molar-refractivity contribution is -0.633. The van der Waals surface area contributed by atoms with Crippen molar-refractivity contribution in [3.63, 3.8) is 0 Å². The SMILES string of the molecule is COc1ccc2c(c1)nnc(N[C@@H]1C[C@@]3(C)CC[C@]1(C)C3)[n+]2C. The van der Waals surface area contributed by atoms with Crippen LogP contribution in [0.4, 0.5) is 5.95 Å². The maximum Gasteiger partial charge on any atom is 0.415 e. The number of rotatable bonds is 3. The van der Waals surface area contributed by atoms with Gasteiger partial charge in [-0.25, -0.2) is 4.57 Å². The highest BCUT2D eigenvalue weighted by molar-refractivity contribution is 5.72. The third-order valence-corrected chi connectivity index (χ3v) is 6.09. The van der Waals surface area contributed by atoms with E-state index in [1.165, 1.54) is 25.7 Å². The van der Waals surface area contributed by atoms with Crippen molar-refractivity contribution < 1.29 is 9.30 Å². The van der Waals surface area contributed by atoms with E-state index in [4.69, 9.17) is 4.74 Å². The first-order valence-corrected chi connectivity index (χ1v) is 8.40. The summed E-state index contributed by atoms with van der Waals surface area (Å²) in [5.74, 6) is 1.66. The number of benzene rings is 1. The summed E-state index contributed by atoms with van der Waals surface area (Å²) in [4.78, 5) is 0. The van der Waals surface area contributed by atoms with Gasteiger partial charge in [0.2, 0.25) is 0 Å². The Morgan fingerprint density at radius 2 is 2.09 bits per heavy atom. The van der Waals surface area contributed by atoms with Crippen LogP contribution in [0.3, 0.4) is 0 Å². The van der Waals surface area contributed by atoms with Crippen LogP contribution in [-0.4, -0.2) is 23.3 Å². The van der Waals surface area contributed by atoms with Crippen molar-refractivity contribution in [1.82, 2.24) is 10.2 Å². The van der Waals surface area contributed by atoms with Crippen molar-refractivity contribution in [1.29, 1.82) is 0 Å². The molecule has 23 heavy (non-hydrogen) atoms. The zero-order valence-electron chi connectivity index (χ0n) is 14.4. The Kier molecular flexibility index (Phi) is 3.06. The van der Waals surface area contributed by atoms with Crippen molar-refractivity contribution in [2.45, 2.75) is 45.6 Å². The van der Waals surface area contributed by atoms with Gasteiger partial charge in [0.1, 0.15) is 16.8 Å². The third-order valence-electron chi connectivity index (χ3n) is 6.09.